The summed E-state index contributed by atoms with van der Waals surface area (Å²) in [6, 6.07) is 16.9. The summed E-state index contributed by atoms with van der Waals surface area (Å²) in [7, 11) is 1.55. The maximum atomic E-state index is 12.9. The highest BCUT2D eigenvalue weighted by atomic mass is 79.9. The molecule has 1 aliphatic rings. The van der Waals surface area contributed by atoms with E-state index in [0.29, 0.717) is 26.4 Å². The molecule has 168 valence electrons. The quantitative estimate of drug-likeness (QED) is 0.354. The van der Waals surface area contributed by atoms with Crippen LogP contribution < -0.4 is 9.47 Å². The standard InChI is InChI=1S/C25H21BrN2O4S/c1-16-7-3-4-8-18(16)14-28-24(29)22(33-25(28)30)13-17-11-20(26)23(21(12-17)31-2)32-15-19-9-5-6-10-27-19/h3-13H,14-15H2,1-2H3/b22-13-. The minimum Gasteiger partial charge on any atom is -0.493 e. The molecule has 0 radical (unpaired) electrons. The van der Waals surface area contributed by atoms with Gasteiger partial charge in [0.1, 0.15) is 6.61 Å². The predicted octanol–water partition coefficient (Wildman–Crippen LogP) is 5.98. The number of nitrogens with zero attached hydrogens (tertiary/aromatic N) is 2. The second-order valence-corrected chi connectivity index (χ2v) is 9.19. The van der Waals surface area contributed by atoms with Crippen LogP contribution in [0.4, 0.5) is 4.79 Å². The zero-order valence-electron chi connectivity index (χ0n) is 18.1. The molecule has 2 amide bonds. The summed E-state index contributed by atoms with van der Waals surface area (Å²) in [4.78, 5) is 31.4. The van der Waals surface area contributed by atoms with Gasteiger partial charge in [0.05, 0.1) is 28.7 Å². The lowest BCUT2D eigenvalue weighted by atomic mass is 10.1. The Hall–Kier alpha value is -3.10. The number of amides is 2. The molecule has 2 heterocycles. The number of aryl methyl sites for hydroxylation is 1. The minimum absolute atomic E-state index is 0.252. The Labute approximate surface area is 204 Å². The van der Waals surface area contributed by atoms with Crippen molar-refractivity contribution in [2.24, 2.45) is 0 Å². The molecule has 1 aromatic heterocycles. The van der Waals surface area contributed by atoms with Gasteiger partial charge in [0.15, 0.2) is 11.5 Å². The SMILES string of the molecule is COc1cc(/C=C2\SC(=O)N(Cc3ccccc3C)C2=O)cc(Br)c1OCc1ccccn1. The van der Waals surface area contributed by atoms with Crippen molar-refractivity contribution in [3.05, 3.63) is 92.6 Å². The van der Waals surface area contributed by atoms with Crippen LogP contribution >= 0.6 is 27.7 Å². The summed E-state index contributed by atoms with van der Waals surface area (Å²) >= 11 is 4.46. The molecule has 1 saturated heterocycles. The van der Waals surface area contributed by atoms with Gasteiger partial charge in [-0.3, -0.25) is 19.5 Å². The fraction of sp³-hybridized carbons (Fsp3) is 0.160. The highest BCUT2D eigenvalue weighted by Crippen LogP contribution is 2.39. The molecule has 0 saturated carbocycles. The van der Waals surface area contributed by atoms with E-state index in [-0.39, 0.29) is 24.3 Å². The van der Waals surface area contributed by atoms with Crippen LogP contribution in [0.15, 0.2) is 70.2 Å². The molecule has 0 aliphatic carbocycles. The number of aromatic nitrogens is 1. The maximum absolute atomic E-state index is 12.9. The van der Waals surface area contributed by atoms with Crippen LogP contribution in [0.5, 0.6) is 11.5 Å². The van der Waals surface area contributed by atoms with Crippen LogP contribution in [0.3, 0.4) is 0 Å². The molecule has 1 aliphatic heterocycles. The molecule has 0 atom stereocenters. The summed E-state index contributed by atoms with van der Waals surface area (Å²) in [5.41, 5.74) is 3.48. The number of rotatable bonds is 7. The van der Waals surface area contributed by atoms with Gasteiger partial charge in [-0.1, -0.05) is 30.3 Å². The molecule has 8 heteroatoms. The third-order valence-electron chi connectivity index (χ3n) is 5.10. The van der Waals surface area contributed by atoms with Gasteiger partial charge < -0.3 is 9.47 Å². The number of methoxy groups -OCH3 is 1. The van der Waals surface area contributed by atoms with Crippen LogP contribution in [0, 0.1) is 6.92 Å². The third kappa shape index (κ3) is 5.29. The normalized spacial score (nSPS) is 14.8. The van der Waals surface area contributed by atoms with Crippen LogP contribution in [-0.4, -0.2) is 28.1 Å². The summed E-state index contributed by atoms with van der Waals surface area (Å²) in [6.07, 6.45) is 3.40. The van der Waals surface area contributed by atoms with Gasteiger partial charge in [0, 0.05) is 6.20 Å². The molecule has 0 bridgehead atoms. The largest absolute Gasteiger partial charge is 0.493 e. The molecule has 6 nitrogen and oxygen atoms in total. The zero-order chi connectivity index (χ0) is 23.4. The summed E-state index contributed by atoms with van der Waals surface area (Å²) in [5.74, 6) is 0.734. The second-order valence-electron chi connectivity index (χ2n) is 7.34. The summed E-state index contributed by atoms with van der Waals surface area (Å²) < 4.78 is 12.1. The van der Waals surface area contributed by atoms with E-state index in [1.807, 2.05) is 55.5 Å². The van der Waals surface area contributed by atoms with Gasteiger partial charge in [-0.25, -0.2) is 0 Å². The first-order chi connectivity index (χ1) is 16.0. The average Bonchev–Trinajstić information content (AvgIpc) is 3.07. The van der Waals surface area contributed by atoms with Crippen molar-refractivity contribution in [1.82, 2.24) is 9.88 Å². The van der Waals surface area contributed by atoms with Gasteiger partial charge in [0.2, 0.25) is 0 Å². The number of carbonyl (C=O) groups is 2. The maximum Gasteiger partial charge on any atom is 0.293 e. The Kier molecular flexibility index (Phi) is 7.15. The van der Waals surface area contributed by atoms with Gasteiger partial charge in [-0.05, 0) is 81.6 Å². The Morgan fingerprint density at radius 3 is 2.64 bits per heavy atom. The molecule has 33 heavy (non-hydrogen) atoms. The van der Waals surface area contributed by atoms with Crippen molar-refractivity contribution < 1.29 is 19.1 Å². The minimum atomic E-state index is -0.307. The van der Waals surface area contributed by atoms with Gasteiger partial charge in [-0.15, -0.1) is 0 Å². The number of imide groups is 1. The summed E-state index contributed by atoms with van der Waals surface area (Å²) in [6.45, 7) is 2.50. The number of benzene rings is 2. The van der Waals surface area contributed by atoms with Crippen LogP contribution in [-0.2, 0) is 17.9 Å². The van der Waals surface area contributed by atoms with Crippen molar-refractivity contribution in [3.8, 4) is 11.5 Å². The molecule has 4 rings (SSSR count). The van der Waals surface area contributed by atoms with Crippen molar-refractivity contribution >= 4 is 44.9 Å². The zero-order valence-corrected chi connectivity index (χ0v) is 20.5. The third-order valence-corrected chi connectivity index (χ3v) is 6.60. The number of thioether (sulfide) groups is 1. The lowest BCUT2D eigenvalue weighted by Gasteiger charge is -2.14. The van der Waals surface area contributed by atoms with E-state index in [9.17, 15) is 9.59 Å². The molecule has 0 spiro atoms. The molecule has 0 N–H and O–H groups in total. The van der Waals surface area contributed by atoms with Gasteiger partial charge in [0.25, 0.3) is 11.1 Å². The van der Waals surface area contributed by atoms with Crippen molar-refractivity contribution in [2.75, 3.05) is 7.11 Å². The van der Waals surface area contributed by atoms with Crippen molar-refractivity contribution in [3.63, 3.8) is 0 Å². The molecule has 0 unspecified atom stereocenters. The number of pyridine rings is 1. The Balaban J connectivity index is 1.54. The molecular formula is C25H21BrN2O4S. The summed E-state index contributed by atoms with van der Waals surface area (Å²) in [5, 5.41) is -0.282. The number of carbonyl (C=O) groups excluding carboxylic acids is 2. The van der Waals surface area contributed by atoms with E-state index < -0.39 is 0 Å². The Morgan fingerprint density at radius 1 is 1.12 bits per heavy atom. The second kappa shape index (κ2) is 10.2. The van der Waals surface area contributed by atoms with E-state index in [2.05, 4.69) is 20.9 Å². The van der Waals surface area contributed by atoms with Crippen LogP contribution in [0.25, 0.3) is 6.08 Å². The predicted molar refractivity (Wildman–Crippen MR) is 132 cm³/mol. The number of hydrogen-bond donors (Lipinski definition) is 0. The fourth-order valence-corrected chi connectivity index (χ4v) is 4.75. The van der Waals surface area contributed by atoms with E-state index in [1.165, 1.54) is 4.90 Å². The highest BCUT2D eigenvalue weighted by molar-refractivity contribution is 9.10. The van der Waals surface area contributed by atoms with Gasteiger partial charge in [-0.2, -0.15) is 0 Å². The molecular weight excluding hydrogens is 504 g/mol. The van der Waals surface area contributed by atoms with Gasteiger partial charge >= 0.3 is 0 Å². The lowest BCUT2D eigenvalue weighted by molar-refractivity contribution is -0.123. The number of halogens is 1. The Bertz CT molecular complexity index is 1230. The van der Waals surface area contributed by atoms with E-state index in [4.69, 9.17) is 9.47 Å². The first-order valence-electron chi connectivity index (χ1n) is 10.2. The first kappa shape index (κ1) is 23.1. The molecule has 2 aromatic carbocycles. The van der Waals surface area contributed by atoms with Crippen molar-refractivity contribution in [2.45, 2.75) is 20.1 Å². The lowest BCUT2D eigenvalue weighted by Crippen LogP contribution is -2.27. The van der Waals surface area contributed by atoms with E-state index in [1.54, 1.807) is 25.4 Å². The Morgan fingerprint density at radius 2 is 1.91 bits per heavy atom. The van der Waals surface area contributed by atoms with Crippen LogP contribution in [0.2, 0.25) is 0 Å². The number of hydrogen-bond acceptors (Lipinski definition) is 6. The van der Waals surface area contributed by atoms with Crippen LogP contribution in [0.1, 0.15) is 22.4 Å². The first-order valence-corrected chi connectivity index (χ1v) is 11.8. The monoisotopic (exact) mass is 524 g/mol. The average molecular weight is 525 g/mol. The molecule has 3 aromatic rings. The topological polar surface area (TPSA) is 68.7 Å². The number of ether oxygens (including phenoxy) is 2. The molecule has 1 fully saturated rings. The smallest absolute Gasteiger partial charge is 0.293 e. The van der Waals surface area contributed by atoms with E-state index in [0.717, 1.165) is 28.6 Å². The fourth-order valence-electron chi connectivity index (χ4n) is 3.34. The highest BCUT2D eigenvalue weighted by Gasteiger charge is 2.35. The van der Waals surface area contributed by atoms with E-state index >= 15 is 0 Å². The van der Waals surface area contributed by atoms with Crippen molar-refractivity contribution in [1.29, 1.82) is 0 Å².